The third kappa shape index (κ3) is 4.81. The van der Waals surface area contributed by atoms with E-state index in [4.69, 9.17) is 9.15 Å². The van der Waals surface area contributed by atoms with Gasteiger partial charge in [-0.3, -0.25) is 4.90 Å². The zero-order valence-corrected chi connectivity index (χ0v) is 13.2. The number of hydrogen-bond acceptors (Lipinski definition) is 5. The summed E-state index contributed by atoms with van der Waals surface area (Å²) in [6.45, 7) is 11.1. The lowest BCUT2D eigenvalue weighted by Gasteiger charge is -2.37. The molecule has 0 spiro atoms. The van der Waals surface area contributed by atoms with Gasteiger partial charge < -0.3 is 19.2 Å². The zero-order chi connectivity index (χ0) is 15.1. The molecule has 1 N–H and O–H groups in total. The van der Waals surface area contributed by atoms with Crippen LogP contribution < -0.4 is 0 Å². The molecule has 1 fully saturated rings. The summed E-state index contributed by atoms with van der Waals surface area (Å²) in [6, 6.07) is 3.90. The Hall–Kier alpha value is -0.880. The van der Waals surface area contributed by atoms with Crippen molar-refractivity contribution in [3.8, 4) is 0 Å². The van der Waals surface area contributed by atoms with Gasteiger partial charge in [-0.25, -0.2) is 0 Å². The number of hydrogen-bond donors (Lipinski definition) is 1. The molecule has 2 atom stereocenters. The minimum absolute atomic E-state index is 0.259. The zero-order valence-electron chi connectivity index (χ0n) is 13.2. The Morgan fingerprint density at radius 2 is 2.24 bits per heavy atom. The molecular weight excluding hydrogens is 268 g/mol. The number of rotatable bonds is 8. The fourth-order valence-electron chi connectivity index (χ4n) is 2.87. The Bertz CT molecular complexity index is 379. The molecule has 120 valence electrons. The van der Waals surface area contributed by atoms with Crippen molar-refractivity contribution in [3.63, 3.8) is 0 Å². The molecule has 2 heterocycles. The van der Waals surface area contributed by atoms with Gasteiger partial charge in [0.1, 0.15) is 11.9 Å². The molecular formula is C16H28N2O3. The number of morpholine rings is 1. The second kappa shape index (κ2) is 8.54. The van der Waals surface area contributed by atoms with Gasteiger partial charge in [0.15, 0.2) is 0 Å². The van der Waals surface area contributed by atoms with Crippen LogP contribution in [-0.4, -0.2) is 66.9 Å². The molecule has 0 bridgehead atoms. The lowest BCUT2D eigenvalue weighted by Crippen LogP contribution is -2.48. The van der Waals surface area contributed by atoms with Crippen LogP contribution in [0.5, 0.6) is 0 Å². The smallest absolute Gasteiger partial charge is 0.132 e. The first-order chi connectivity index (χ1) is 10.2. The molecule has 0 aliphatic carbocycles. The Kier molecular flexibility index (Phi) is 6.70. The molecule has 2 rings (SSSR count). The van der Waals surface area contributed by atoms with E-state index in [1.807, 2.05) is 12.1 Å². The predicted molar refractivity (Wildman–Crippen MR) is 82.3 cm³/mol. The Labute approximate surface area is 127 Å². The summed E-state index contributed by atoms with van der Waals surface area (Å²) in [5.74, 6) is 0.643. The van der Waals surface area contributed by atoms with Gasteiger partial charge in [0, 0.05) is 25.7 Å². The van der Waals surface area contributed by atoms with Gasteiger partial charge in [0.2, 0.25) is 0 Å². The lowest BCUT2D eigenvalue weighted by atomic mass is 10.1. The highest BCUT2D eigenvalue weighted by atomic mass is 16.5. The van der Waals surface area contributed by atoms with Crippen molar-refractivity contribution < 1.29 is 14.3 Å². The molecule has 0 aromatic carbocycles. The standard InChI is InChI=1S/C16H28N2O3/c1-3-17(4-2)7-8-18-9-11-20-13-14(18)12-15(19)16-6-5-10-21-16/h5-6,10,14-15,19H,3-4,7-9,11-13H2,1-2H3. The molecule has 1 aliphatic heterocycles. The largest absolute Gasteiger partial charge is 0.467 e. The number of aliphatic hydroxyl groups is 1. The third-order valence-electron chi connectivity index (χ3n) is 4.31. The molecule has 1 aromatic rings. The van der Waals surface area contributed by atoms with Gasteiger partial charge in [0.05, 0.1) is 19.5 Å². The van der Waals surface area contributed by atoms with Crippen molar-refractivity contribution in [1.29, 1.82) is 0 Å². The monoisotopic (exact) mass is 296 g/mol. The SMILES string of the molecule is CCN(CC)CCN1CCOCC1CC(O)c1ccco1. The van der Waals surface area contributed by atoms with Crippen LogP contribution in [0.4, 0.5) is 0 Å². The van der Waals surface area contributed by atoms with E-state index in [0.717, 1.165) is 39.3 Å². The molecule has 5 heteroatoms. The van der Waals surface area contributed by atoms with Gasteiger partial charge in [0.25, 0.3) is 0 Å². The van der Waals surface area contributed by atoms with Gasteiger partial charge in [-0.05, 0) is 31.6 Å². The first kappa shape index (κ1) is 16.5. The number of nitrogens with zero attached hydrogens (tertiary/aromatic N) is 2. The molecule has 1 aliphatic rings. The molecule has 5 nitrogen and oxygen atoms in total. The number of ether oxygens (including phenoxy) is 1. The van der Waals surface area contributed by atoms with Crippen LogP contribution in [-0.2, 0) is 4.74 Å². The maximum atomic E-state index is 10.3. The number of aliphatic hydroxyl groups excluding tert-OH is 1. The van der Waals surface area contributed by atoms with Crippen molar-refractivity contribution in [3.05, 3.63) is 24.2 Å². The van der Waals surface area contributed by atoms with Crippen molar-refractivity contribution in [2.24, 2.45) is 0 Å². The van der Waals surface area contributed by atoms with E-state index in [1.165, 1.54) is 0 Å². The highest BCUT2D eigenvalue weighted by molar-refractivity contribution is 5.02. The van der Waals surface area contributed by atoms with Crippen LogP contribution in [0.3, 0.4) is 0 Å². The summed E-state index contributed by atoms with van der Waals surface area (Å²) in [4.78, 5) is 4.86. The summed E-state index contributed by atoms with van der Waals surface area (Å²) in [5, 5.41) is 10.3. The Morgan fingerprint density at radius 3 is 2.90 bits per heavy atom. The molecule has 1 saturated heterocycles. The van der Waals surface area contributed by atoms with Gasteiger partial charge in [-0.1, -0.05) is 13.8 Å². The molecule has 21 heavy (non-hydrogen) atoms. The quantitative estimate of drug-likeness (QED) is 0.792. The first-order valence-electron chi connectivity index (χ1n) is 8.00. The first-order valence-corrected chi connectivity index (χ1v) is 8.00. The van der Waals surface area contributed by atoms with Crippen LogP contribution in [0.15, 0.2) is 22.8 Å². The summed E-state index contributed by atoms with van der Waals surface area (Å²) in [6.07, 6.45) is 1.71. The topological polar surface area (TPSA) is 49.1 Å². The van der Waals surface area contributed by atoms with Gasteiger partial charge in [-0.15, -0.1) is 0 Å². The van der Waals surface area contributed by atoms with Crippen LogP contribution in [0.25, 0.3) is 0 Å². The number of likely N-dealkylation sites (N-methyl/N-ethyl adjacent to an activating group) is 1. The van der Waals surface area contributed by atoms with Crippen molar-refractivity contribution in [1.82, 2.24) is 9.80 Å². The maximum Gasteiger partial charge on any atom is 0.132 e. The predicted octanol–water partition coefficient (Wildman–Crippen LogP) is 1.75. The van der Waals surface area contributed by atoms with E-state index in [-0.39, 0.29) is 6.04 Å². The van der Waals surface area contributed by atoms with E-state index in [9.17, 15) is 5.11 Å². The molecule has 0 saturated carbocycles. The highest BCUT2D eigenvalue weighted by Crippen LogP contribution is 2.22. The number of furan rings is 1. The van der Waals surface area contributed by atoms with E-state index < -0.39 is 6.10 Å². The Balaban J connectivity index is 1.86. The van der Waals surface area contributed by atoms with Crippen molar-refractivity contribution >= 4 is 0 Å². The molecule has 0 amide bonds. The van der Waals surface area contributed by atoms with E-state index >= 15 is 0 Å². The molecule has 1 aromatic heterocycles. The second-order valence-electron chi connectivity index (χ2n) is 5.56. The molecule has 2 unspecified atom stereocenters. The lowest BCUT2D eigenvalue weighted by molar-refractivity contribution is -0.0310. The molecule has 0 radical (unpaired) electrons. The average Bonchev–Trinajstić information content (AvgIpc) is 3.04. The fraction of sp³-hybridized carbons (Fsp3) is 0.750. The van der Waals surface area contributed by atoms with Crippen LogP contribution in [0, 0.1) is 0 Å². The average molecular weight is 296 g/mol. The van der Waals surface area contributed by atoms with E-state index in [2.05, 4.69) is 23.6 Å². The minimum atomic E-state index is -0.553. The van der Waals surface area contributed by atoms with Gasteiger partial charge >= 0.3 is 0 Å². The third-order valence-corrected chi connectivity index (χ3v) is 4.31. The summed E-state index contributed by atoms with van der Waals surface area (Å²) >= 11 is 0. The van der Waals surface area contributed by atoms with Gasteiger partial charge in [-0.2, -0.15) is 0 Å². The summed E-state index contributed by atoms with van der Waals surface area (Å²) in [5.41, 5.74) is 0. The van der Waals surface area contributed by atoms with Crippen molar-refractivity contribution in [2.45, 2.75) is 32.4 Å². The normalized spacial score (nSPS) is 21.8. The van der Waals surface area contributed by atoms with Crippen LogP contribution in [0.1, 0.15) is 32.1 Å². The Morgan fingerprint density at radius 1 is 1.43 bits per heavy atom. The minimum Gasteiger partial charge on any atom is -0.467 e. The van der Waals surface area contributed by atoms with Crippen LogP contribution >= 0.6 is 0 Å². The fourth-order valence-corrected chi connectivity index (χ4v) is 2.87. The van der Waals surface area contributed by atoms with E-state index in [1.54, 1.807) is 6.26 Å². The summed E-state index contributed by atoms with van der Waals surface area (Å²) < 4.78 is 10.9. The van der Waals surface area contributed by atoms with Crippen LogP contribution in [0.2, 0.25) is 0 Å². The summed E-state index contributed by atoms with van der Waals surface area (Å²) in [7, 11) is 0. The van der Waals surface area contributed by atoms with E-state index in [0.29, 0.717) is 18.8 Å². The van der Waals surface area contributed by atoms with Crippen molar-refractivity contribution in [2.75, 3.05) is 45.9 Å². The highest BCUT2D eigenvalue weighted by Gasteiger charge is 2.26. The second-order valence-corrected chi connectivity index (χ2v) is 5.56. The maximum absolute atomic E-state index is 10.3.